The number of aliphatic carboxylic acids is 1. The Bertz CT molecular complexity index is 408. The van der Waals surface area contributed by atoms with Crippen LogP contribution in [0.15, 0.2) is 0 Å². The summed E-state index contributed by atoms with van der Waals surface area (Å²) < 4.78 is 5.86. The SMILES string of the molecule is CCCCCCCCCCC(CCCCCCCC(=O)O)OC(=O)CCCCCCC. The van der Waals surface area contributed by atoms with Crippen molar-refractivity contribution in [2.75, 3.05) is 0 Å². The quantitative estimate of drug-likeness (QED) is 0.120. The Morgan fingerprint density at radius 1 is 0.581 bits per heavy atom. The molecule has 0 aromatic carbocycles. The molecule has 0 rings (SSSR count). The van der Waals surface area contributed by atoms with Crippen molar-refractivity contribution in [1.82, 2.24) is 0 Å². The lowest BCUT2D eigenvalue weighted by molar-refractivity contribution is -0.150. The third-order valence-corrected chi connectivity index (χ3v) is 6.08. The average Bonchev–Trinajstić information content (AvgIpc) is 2.74. The van der Waals surface area contributed by atoms with Gasteiger partial charge >= 0.3 is 11.9 Å². The predicted molar refractivity (Wildman–Crippen MR) is 130 cm³/mol. The first kappa shape index (κ1) is 29.9. The minimum Gasteiger partial charge on any atom is -0.481 e. The first-order chi connectivity index (χ1) is 15.1. The van der Waals surface area contributed by atoms with Crippen molar-refractivity contribution in [2.45, 2.75) is 161 Å². The van der Waals surface area contributed by atoms with Gasteiger partial charge in [-0.05, 0) is 38.5 Å². The molecule has 0 fully saturated rings. The molecule has 31 heavy (non-hydrogen) atoms. The highest BCUT2D eigenvalue weighted by atomic mass is 16.5. The van der Waals surface area contributed by atoms with Gasteiger partial charge in [0, 0.05) is 12.8 Å². The second kappa shape index (κ2) is 23.6. The molecule has 0 aromatic heterocycles. The number of carboxylic acid groups (broad SMARTS) is 1. The Balaban J connectivity index is 4.05. The number of rotatable bonds is 24. The van der Waals surface area contributed by atoms with Gasteiger partial charge in [-0.3, -0.25) is 9.59 Å². The van der Waals surface area contributed by atoms with Gasteiger partial charge in [-0.25, -0.2) is 0 Å². The van der Waals surface area contributed by atoms with Gasteiger partial charge in [0.25, 0.3) is 0 Å². The lowest BCUT2D eigenvalue weighted by Gasteiger charge is -2.18. The topological polar surface area (TPSA) is 63.6 Å². The third kappa shape index (κ3) is 23.4. The predicted octanol–water partition coefficient (Wildman–Crippen LogP) is 8.60. The van der Waals surface area contributed by atoms with Gasteiger partial charge < -0.3 is 9.84 Å². The van der Waals surface area contributed by atoms with Crippen LogP contribution in [-0.2, 0) is 14.3 Å². The number of unbranched alkanes of at least 4 members (excludes halogenated alkanes) is 15. The van der Waals surface area contributed by atoms with Gasteiger partial charge in [-0.2, -0.15) is 0 Å². The van der Waals surface area contributed by atoms with Crippen LogP contribution in [0, 0.1) is 0 Å². The molecule has 0 saturated carbocycles. The maximum absolute atomic E-state index is 12.3. The van der Waals surface area contributed by atoms with Gasteiger partial charge in [-0.15, -0.1) is 0 Å². The van der Waals surface area contributed by atoms with E-state index in [1.54, 1.807) is 0 Å². The standard InChI is InChI=1S/C27H52O4/c1-3-5-7-9-10-11-14-17-21-25(22-18-15-12-16-19-23-26(28)29)31-27(30)24-20-13-8-6-4-2/h25H,3-24H2,1-2H3,(H,28,29). The van der Waals surface area contributed by atoms with E-state index >= 15 is 0 Å². The molecule has 1 N–H and O–H groups in total. The van der Waals surface area contributed by atoms with Crippen LogP contribution < -0.4 is 0 Å². The van der Waals surface area contributed by atoms with Crippen LogP contribution in [0.1, 0.15) is 155 Å². The Morgan fingerprint density at radius 2 is 0.968 bits per heavy atom. The molecule has 0 aliphatic rings. The number of carbonyl (C=O) groups is 2. The first-order valence-electron chi connectivity index (χ1n) is 13.5. The van der Waals surface area contributed by atoms with Crippen molar-refractivity contribution in [1.29, 1.82) is 0 Å². The lowest BCUT2D eigenvalue weighted by Crippen LogP contribution is -2.18. The summed E-state index contributed by atoms with van der Waals surface area (Å²) in [6.07, 6.45) is 24.0. The smallest absolute Gasteiger partial charge is 0.306 e. The van der Waals surface area contributed by atoms with E-state index in [1.165, 1.54) is 64.2 Å². The third-order valence-electron chi connectivity index (χ3n) is 6.08. The monoisotopic (exact) mass is 440 g/mol. The van der Waals surface area contributed by atoms with Crippen molar-refractivity contribution in [3.05, 3.63) is 0 Å². The maximum Gasteiger partial charge on any atom is 0.306 e. The molecule has 0 amide bonds. The molecule has 0 aliphatic carbocycles. The summed E-state index contributed by atoms with van der Waals surface area (Å²) in [6, 6.07) is 0. The second-order valence-corrected chi connectivity index (χ2v) is 9.24. The molecular weight excluding hydrogens is 388 g/mol. The minimum absolute atomic E-state index is 0.0116. The fourth-order valence-electron chi connectivity index (χ4n) is 4.06. The van der Waals surface area contributed by atoms with E-state index in [9.17, 15) is 9.59 Å². The molecule has 0 aliphatic heterocycles. The molecule has 0 heterocycles. The lowest BCUT2D eigenvalue weighted by atomic mass is 10.0. The van der Waals surface area contributed by atoms with E-state index in [2.05, 4.69) is 13.8 Å². The zero-order valence-electron chi connectivity index (χ0n) is 20.8. The largest absolute Gasteiger partial charge is 0.481 e. The fourth-order valence-corrected chi connectivity index (χ4v) is 4.06. The van der Waals surface area contributed by atoms with E-state index < -0.39 is 5.97 Å². The number of hydrogen-bond acceptors (Lipinski definition) is 3. The normalized spacial score (nSPS) is 12.1. The summed E-state index contributed by atoms with van der Waals surface area (Å²) in [7, 11) is 0. The number of carbonyl (C=O) groups excluding carboxylic acids is 1. The van der Waals surface area contributed by atoms with Crippen LogP contribution in [0.2, 0.25) is 0 Å². The zero-order valence-corrected chi connectivity index (χ0v) is 20.8. The molecule has 4 nitrogen and oxygen atoms in total. The van der Waals surface area contributed by atoms with Crippen LogP contribution in [-0.4, -0.2) is 23.1 Å². The Morgan fingerprint density at radius 3 is 1.42 bits per heavy atom. The van der Waals surface area contributed by atoms with Crippen molar-refractivity contribution in [3.8, 4) is 0 Å². The fraction of sp³-hybridized carbons (Fsp3) is 0.926. The molecule has 184 valence electrons. The van der Waals surface area contributed by atoms with Gasteiger partial charge in [-0.1, -0.05) is 104 Å². The average molecular weight is 441 g/mol. The highest BCUT2D eigenvalue weighted by Crippen LogP contribution is 2.18. The van der Waals surface area contributed by atoms with Crippen molar-refractivity contribution >= 4 is 11.9 Å². The van der Waals surface area contributed by atoms with E-state index in [-0.39, 0.29) is 18.5 Å². The van der Waals surface area contributed by atoms with Gasteiger partial charge in [0.1, 0.15) is 6.10 Å². The van der Waals surface area contributed by atoms with Crippen molar-refractivity contribution < 1.29 is 19.4 Å². The highest BCUT2D eigenvalue weighted by molar-refractivity contribution is 5.69. The molecule has 1 atom stereocenters. The molecule has 0 bridgehead atoms. The van der Waals surface area contributed by atoms with E-state index in [0.717, 1.165) is 64.2 Å². The van der Waals surface area contributed by atoms with Crippen LogP contribution in [0.4, 0.5) is 0 Å². The van der Waals surface area contributed by atoms with Gasteiger partial charge in [0.2, 0.25) is 0 Å². The number of hydrogen-bond donors (Lipinski definition) is 1. The minimum atomic E-state index is -0.702. The molecule has 1 unspecified atom stereocenters. The maximum atomic E-state index is 12.3. The number of esters is 1. The van der Waals surface area contributed by atoms with E-state index in [0.29, 0.717) is 6.42 Å². The van der Waals surface area contributed by atoms with E-state index in [4.69, 9.17) is 9.84 Å². The van der Waals surface area contributed by atoms with Crippen LogP contribution in [0.3, 0.4) is 0 Å². The molecule has 0 saturated heterocycles. The van der Waals surface area contributed by atoms with Crippen LogP contribution >= 0.6 is 0 Å². The summed E-state index contributed by atoms with van der Waals surface area (Å²) >= 11 is 0. The molecule has 0 spiro atoms. The molecule has 4 heteroatoms. The molecule has 0 radical (unpaired) electrons. The molecule has 0 aromatic rings. The highest BCUT2D eigenvalue weighted by Gasteiger charge is 2.14. The number of carboxylic acids is 1. The van der Waals surface area contributed by atoms with Crippen molar-refractivity contribution in [2.24, 2.45) is 0 Å². The van der Waals surface area contributed by atoms with Crippen LogP contribution in [0.5, 0.6) is 0 Å². The summed E-state index contributed by atoms with van der Waals surface area (Å²) in [5, 5.41) is 8.70. The Hall–Kier alpha value is -1.06. The first-order valence-corrected chi connectivity index (χ1v) is 13.5. The summed E-state index contributed by atoms with van der Waals surface area (Å²) in [5.41, 5.74) is 0. The van der Waals surface area contributed by atoms with Crippen molar-refractivity contribution in [3.63, 3.8) is 0 Å². The summed E-state index contributed by atoms with van der Waals surface area (Å²) in [4.78, 5) is 22.9. The number of ether oxygens (including phenoxy) is 1. The van der Waals surface area contributed by atoms with Crippen LogP contribution in [0.25, 0.3) is 0 Å². The zero-order chi connectivity index (χ0) is 23.0. The van der Waals surface area contributed by atoms with Gasteiger partial charge in [0.05, 0.1) is 0 Å². The molecular formula is C27H52O4. The summed E-state index contributed by atoms with van der Waals surface area (Å²) in [6.45, 7) is 4.46. The second-order valence-electron chi connectivity index (χ2n) is 9.24. The van der Waals surface area contributed by atoms with E-state index in [1.807, 2.05) is 0 Å². The Labute approximate surface area is 192 Å². The van der Waals surface area contributed by atoms with Gasteiger partial charge in [0.15, 0.2) is 0 Å². The summed E-state index contributed by atoms with van der Waals surface area (Å²) in [5.74, 6) is -0.713. The Kier molecular flexibility index (Phi) is 22.8.